The summed E-state index contributed by atoms with van der Waals surface area (Å²) in [4.78, 5) is 105. The molecular weight excluding hydrogens is 868 g/mol. The van der Waals surface area contributed by atoms with Crippen molar-refractivity contribution >= 4 is 70.2 Å². The fourth-order valence-corrected chi connectivity index (χ4v) is 9.83. The van der Waals surface area contributed by atoms with Gasteiger partial charge in [0.05, 0.1) is 48.3 Å². The highest BCUT2D eigenvalue weighted by atomic mass is 19.3. The fourth-order valence-electron chi connectivity index (χ4n) is 9.83. The Morgan fingerprint density at radius 1 is 0.955 bits per heavy atom. The highest BCUT2D eigenvalue weighted by molar-refractivity contribution is 6.25. The number of alkyl halides is 2. The van der Waals surface area contributed by atoms with Gasteiger partial charge in [-0.3, -0.25) is 43.8 Å². The van der Waals surface area contributed by atoms with E-state index in [0.717, 1.165) is 28.7 Å². The van der Waals surface area contributed by atoms with Crippen molar-refractivity contribution in [3.05, 3.63) is 59.0 Å². The minimum Gasteiger partial charge on any atom is -0.495 e. The number of halogens is 3. The van der Waals surface area contributed by atoms with Crippen molar-refractivity contribution in [2.75, 3.05) is 60.8 Å². The van der Waals surface area contributed by atoms with Crippen molar-refractivity contribution in [1.29, 1.82) is 0 Å². The average Bonchev–Trinajstić information content (AvgIpc) is 4.05. The minimum absolute atomic E-state index is 0.00575. The number of ether oxygens (including phenoxy) is 1. The van der Waals surface area contributed by atoms with Gasteiger partial charge in [-0.1, -0.05) is 18.9 Å². The zero-order chi connectivity index (χ0) is 46.6. The first-order chi connectivity index (χ1) is 31.6. The number of hydrogen-bond donors (Lipinski definition) is 5. The average molecular weight is 916 g/mol. The Kier molecular flexibility index (Phi) is 11.8. The molecule has 3 saturated heterocycles. The Labute approximate surface area is 376 Å². The van der Waals surface area contributed by atoms with Crippen molar-refractivity contribution in [2.24, 2.45) is 0 Å². The summed E-state index contributed by atoms with van der Waals surface area (Å²) >= 11 is 0. The Hall–Kier alpha value is -6.84. The van der Waals surface area contributed by atoms with Gasteiger partial charge in [0.25, 0.3) is 23.6 Å². The SMILES string of the molecule is COc1cc(C(=O)NC2CCN(C(=O)[C@H]3C[C@H](Nc4cccc5c4C(=O)N(C4CCC(=O)NC4=O)C5=O)CN3)CC2)c(F)cc1Nc1ncc2c(n1)N(C1CCCC1)CC(F)(F)C(=O)N2C. The molecule has 3 aromatic rings. The molecule has 7 amide bonds. The van der Waals surface area contributed by atoms with Crippen LogP contribution in [0.1, 0.15) is 88.9 Å². The number of imide groups is 2. The topological polar surface area (TPSA) is 228 Å². The molecule has 2 aromatic carbocycles. The summed E-state index contributed by atoms with van der Waals surface area (Å²) in [6, 6.07) is 4.53. The number of carbonyl (C=O) groups excluding carboxylic acids is 7. The van der Waals surface area contributed by atoms with Crippen LogP contribution in [-0.2, 0) is 19.2 Å². The molecule has 1 aromatic heterocycles. The minimum atomic E-state index is -3.66. The normalized spacial score (nSPS) is 23.4. The van der Waals surface area contributed by atoms with Gasteiger partial charge < -0.3 is 40.7 Å². The van der Waals surface area contributed by atoms with Crippen molar-refractivity contribution in [2.45, 2.75) is 93.9 Å². The van der Waals surface area contributed by atoms with Gasteiger partial charge in [0.1, 0.15) is 23.3 Å². The van der Waals surface area contributed by atoms with E-state index in [4.69, 9.17) is 4.74 Å². The van der Waals surface area contributed by atoms with Crippen LogP contribution in [0.15, 0.2) is 36.5 Å². The number of rotatable bonds is 10. The summed E-state index contributed by atoms with van der Waals surface area (Å²) < 4.78 is 51.4. The Balaban J connectivity index is 0.797. The molecule has 1 saturated carbocycles. The van der Waals surface area contributed by atoms with Crippen LogP contribution < -0.4 is 41.1 Å². The third-order valence-electron chi connectivity index (χ3n) is 13.3. The molecule has 22 heteroatoms. The quantitative estimate of drug-likeness (QED) is 0.185. The third-order valence-corrected chi connectivity index (χ3v) is 13.3. The molecule has 3 atom stereocenters. The lowest BCUT2D eigenvalue weighted by Gasteiger charge is -2.34. The van der Waals surface area contributed by atoms with Crippen molar-refractivity contribution in [3.8, 4) is 5.75 Å². The van der Waals surface area contributed by atoms with E-state index >= 15 is 13.2 Å². The lowest BCUT2D eigenvalue weighted by Crippen LogP contribution is -2.54. The predicted octanol–water partition coefficient (Wildman–Crippen LogP) is 2.69. The highest BCUT2D eigenvalue weighted by Crippen LogP contribution is 2.41. The predicted molar refractivity (Wildman–Crippen MR) is 230 cm³/mol. The number of carbonyl (C=O) groups is 7. The largest absolute Gasteiger partial charge is 0.495 e. The number of hydrogen-bond acceptors (Lipinski definition) is 14. The maximum Gasteiger partial charge on any atom is 0.342 e. The molecule has 348 valence electrons. The zero-order valence-corrected chi connectivity index (χ0v) is 36.1. The van der Waals surface area contributed by atoms with Gasteiger partial charge in [-0.15, -0.1) is 0 Å². The first-order valence-electron chi connectivity index (χ1n) is 22.0. The van der Waals surface area contributed by atoms with E-state index in [1.54, 1.807) is 17.0 Å². The molecular formula is C44H48F3N11O8. The summed E-state index contributed by atoms with van der Waals surface area (Å²) in [5.41, 5.74) is 0.560. The molecule has 4 fully saturated rings. The Morgan fingerprint density at radius 3 is 2.44 bits per heavy atom. The standard InChI is InChI=1S/C44H48F3N11O8/c1-55-32-20-49-43(54-36(32)57(24-6-3-4-7-24)21-44(46,47)42(55)65)52-29-18-27(45)26(17-33(29)66-2)37(60)51-22-12-14-56(15-13-22)40(63)30-16-23(19-48-30)50-28-9-5-8-25-35(28)41(64)58(39(25)62)31-10-11-34(59)53-38(31)61/h5,8-9,17-18,20,22-24,30-31,48,50H,3-4,6-7,10-16,19,21H2,1-2H3,(H,51,60)(H,49,52,54)(H,53,59,61)/t23-,30+,31?/m0/s1. The molecule has 1 unspecified atom stereocenters. The lowest BCUT2D eigenvalue weighted by molar-refractivity contribution is -0.140. The van der Waals surface area contributed by atoms with Gasteiger partial charge in [0.15, 0.2) is 5.82 Å². The van der Waals surface area contributed by atoms with Crippen LogP contribution in [0.4, 0.5) is 42.0 Å². The van der Waals surface area contributed by atoms with E-state index in [-0.39, 0.29) is 82.5 Å². The van der Waals surface area contributed by atoms with Crippen LogP contribution in [0.2, 0.25) is 0 Å². The first kappa shape index (κ1) is 44.4. The van der Waals surface area contributed by atoms with Gasteiger partial charge in [-0.2, -0.15) is 13.8 Å². The fraction of sp³-hybridized carbons (Fsp3) is 0.477. The molecule has 5 N–H and O–H groups in total. The van der Waals surface area contributed by atoms with Gasteiger partial charge in [-0.05, 0) is 56.7 Å². The number of methoxy groups -OCH3 is 1. The van der Waals surface area contributed by atoms with Gasteiger partial charge in [0, 0.05) is 63.0 Å². The molecule has 5 aliphatic heterocycles. The molecule has 0 spiro atoms. The Bertz CT molecular complexity index is 2530. The molecule has 1 aliphatic carbocycles. The van der Waals surface area contributed by atoms with E-state index < -0.39 is 65.8 Å². The van der Waals surface area contributed by atoms with Crippen LogP contribution >= 0.6 is 0 Å². The third kappa shape index (κ3) is 8.21. The summed E-state index contributed by atoms with van der Waals surface area (Å²) in [6.07, 6.45) is 5.50. The summed E-state index contributed by atoms with van der Waals surface area (Å²) in [7, 11) is 2.58. The number of benzene rings is 2. The van der Waals surface area contributed by atoms with Crippen LogP contribution in [0, 0.1) is 5.82 Å². The van der Waals surface area contributed by atoms with Crippen LogP contribution in [0.25, 0.3) is 0 Å². The monoisotopic (exact) mass is 915 g/mol. The highest BCUT2D eigenvalue weighted by Gasteiger charge is 2.49. The molecule has 6 heterocycles. The number of nitrogens with zero attached hydrogens (tertiary/aromatic N) is 6. The second kappa shape index (κ2) is 17.5. The number of fused-ring (bicyclic) bond motifs is 2. The van der Waals surface area contributed by atoms with Gasteiger partial charge in [-0.25, -0.2) is 9.37 Å². The second-order valence-corrected chi connectivity index (χ2v) is 17.5. The van der Waals surface area contributed by atoms with Crippen LogP contribution in [-0.4, -0.2) is 138 Å². The van der Waals surface area contributed by atoms with E-state index in [1.807, 2.05) is 0 Å². The molecule has 0 radical (unpaired) electrons. The number of aromatic nitrogens is 2. The number of likely N-dealkylation sites (tertiary alicyclic amines) is 1. The maximum atomic E-state index is 15.7. The van der Waals surface area contributed by atoms with Crippen LogP contribution in [0.5, 0.6) is 5.75 Å². The summed E-state index contributed by atoms with van der Waals surface area (Å²) in [6.45, 7) is 0.195. The smallest absolute Gasteiger partial charge is 0.342 e. The van der Waals surface area contributed by atoms with E-state index in [0.29, 0.717) is 57.4 Å². The molecule has 19 nitrogen and oxygen atoms in total. The Morgan fingerprint density at radius 2 is 1.71 bits per heavy atom. The van der Waals surface area contributed by atoms with Crippen molar-refractivity contribution in [3.63, 3.8) is 0 Å². The zero-order valence-electron chi connectivity index (χ0n) is 36.1. The van der Waals surface area contributed by atoms with Gasteiger partial charge in [0.2, 0.25) is 23.7 Å². The first-order valence-corrected chi connectivity index (χ1v) is 22.0. The molecule has 0 bridgehead atoms. The summed E-state index contributed by atoms with van der Waals surface area (Å²) in [5, 5.41) is 14.5. The number of nitrogens with one attached hydrogen (secondary N) is 5. The number of piperidine rings is 2. The molecule has 6 aliphatic rings. The second-order valence-electron chi connectivity index (χ2n) is 17.5. The number of amides is 7. The van der Waals surface area contributed by atoms with Crippen LogP contribution in [0.3, 0.4) is 0 Å². The number of anilines is 5. The van der Waals surface area contributed by atoms with Gasteiger partial charge >= 0.3 is 5.92 Å². The van der Waals surface area contributed by atoms with E-state index in [1.165, 1.54) is 37.4 Å². The van der Waals surface area contributed by atoms with Crippen molar-refractivity contribution in [1.82, 2.24) is 35.7 Å². The molecule has 9 rings (SSSR count). The molecule has 66 heavy (non-hydrogen) atoms. The summed E-state index contributed by atoms with van der Waals surface area (Å²) in [5.74, 6) is -8.99. The van der Waals surface area contributed by atoms with Crippen molar-refractivity contribution < 1.29 is 51.5 Å². The lowest BCUT2D eigenvalue weighted by atomic mass is 10.0. The van der Waals surface area contributed by atoms with E-state index in [9.17, 15) is 33.6 Å². The maximum absolute atomic E-state index is 15.7. The van der Waals surface area contributed by atoms with E-state index in [2.05, 4.69) is 36.6 Å².